The van der Waals surface area contributed by atoms with Gasteiger partial charge in [0.15, 0.2) is 0 Å². The van der Waals surface area contributed by atoms with Gasteiger partial charge in [-0.25, -0.2) is 4.79 Å². The molecular formula is C28H52N10O10. The first kappa shape index (κ1) is 43.6. The molecule has 5 atom stereocenters. The van der Waals surface area contributed by atoms with E-state index >= 15 is 0 Å². The molecular weight excluding hydrogens is 636 g/mol. The molecule has 0 aromatic carbocycles. The molecule has 0 aliphatic heterocycles. The highest BCUT2D eigenvalue weighted by Crippen LogP contribution is 2.07. The Bertz CT molecular complexity index is 1090. The first-order valence-corrected chi connectivity index (χ1v) is 15.7. The second-order valence-corrected chi connectivity index (χ2v) is 11.1. The van der Waals surface area contributed by atoms with Crippen LogP contribution in [0.15, 0.2) is 0 Å². The van der Waals surface area contributed by atoms with Gasteiger partial charge in [-0.2, -0.15) is 0 Å². The molecule has 0 aliphatic carbocycles. The Labute approximate surface area is 278 Å². The van der Waals surface area contributed by atoms with Gasteiger partial charge in [0.1, 0.15) is 24.2 Å². The minimum atomic E-state index is -1.81. The van der Waals surface area contributed by atoms with Crippen molar-refractivity contribution in [3.05, 3.63) is 0 Å². The van der Waals surface area contributed by atoms with Crippen LogP contribution in [-0.2, 0) is 38.4 Å². The van der Waals surface area contributed by atoms with Gasteiger partial charge in [-0.1, -0.05) is 6.42 Å². The highest BCUT2D eigenvalue weighted by atomic mass is 16.4. The lowest BCUT2D eigenvalue weighted by atomic mass is 10.0. The molecule has 5 unspecified atom stereocenters. The number of aliphatic carboxylic acids is 2. The molecule has 0 aromatic rings. The maximum Gasteiger partial charge on any atom is 0.326 e. The normalized spacial score (nSPS) is 13.9. The van der Waals surface area contributed by atoms with Gasteiger partial charge in [0.25, 0.3) is 0 Å². The molecule has 17 N–H and O–H groups in total. The lowest BCUT2D eigenvalue weighted by Crippen LogP contribution is -2.58. The van der Waals surface area contributed by atoms with Crippen molar-refractivity contribution in [2.75, 3.05) is 26.2 Å². The molecule has 274 valence electrons. The van der Waals surface area contributed by atoms with E-state index in [9.17, 15) is 43.5 Å². The number of rotatable bonds is 27. The monoisotopic (exact) mass is 688 g/mol. The van der Waals surface area contributed by atoms with E-state index in [4.69, 9.17) is 33.8 Å². The molecule has 6 amide bonds. The van der Waals surface area contributed by atoms with Crippen molar-refractivity contribution in [1.29, 1.82) is 0 Å². The van der Waals surface area contributed by atoms with Gasteiger partial charge in [-0.05, 0) is 71.0 Å². The fourth-order valence-electron chi connectivity index (χ4n) is 4.31. The van der Waals surface area contributed by atoms with Crippen LogP contribution in [0.25, 0.3) is 0 Å². The molecule has 0 spiro atoms. The van der Waals surface area contributed by atoms with Crippen LogP contribution < -0.4 is 55.3 Å². The summed E-state index contributed by atoms with van der Waals surface area (Å²) in [5, 5.41) is 29.9. The van der Waals surface area contributed by atoms with Gasteiger partial charge in [-0.15, -0.1) is 0 Å². The van der Waals surface area contributed by atoms with Crippen LogP contribution in [0.1, 0.15) is 70.6 Å². The van der Waals surface area contributed by atoms with Crippen molar-refractivity contribution >= 4 is 47.4 Å². The number of carboxylic acids is 2. The number of hydrogen-bond acceptors (Lipinski definition) is 12. The van der Waals surface area contributed by atoms with Crippen molar-refractivity contribution in [3.8, 4) is 0 Å². The molecule has 0 aliphatic rings. The smallest absolute Gasteiger partial charge is 0.326 e. The van der Waals surface area contributed by atoms with Gasteiger partial charge in [0, 0.05) is 0 Å². The lowest BCUT2D eigenvalue weighted by molar-refractivity contribution is -0.147. The summed E-state index contributed by atoms with van der Waals surface area (Å²) in [6.45, 7) is 0.463. The molecule has 20 heteroatoms. The zero-order valence-electron chi connectivity index (χ0n) is 27.0. The van der Waals surface area contributed by atoms with Gasteiger partial charge < -0.3 is 65.5 Å². The summed E-state index contributed by atoms with van der Waals surface area (Å²) >= 11 is 0. The second-order valence-electron chi connectivity index (χ2n) is 11.1. The maximum absolute atomic E-state index is 13.3. The predicted molar refractivity (Wildman–Crippen MR) is 171 cm³/mol. The van der Waals surface area contributed by atoms with Crippen LogP contribution in [0, 0.1) is 0 Å². The molecule has 0 aromatic heterocycles. The quantitative estimate of drug-likeness (QED) is 0.0360. The summed E-state index contributed by atoms with van der Waals surface area (Å²) in [4.78, 5) is 98.7. The molecule has 0 fully saturated rings. The predicted octanol–water partition coefficient (Wildman–Crippen LogP) is -4.81. The fourth-order valence-corrected chi connectivity index (χ4v) is 4.31. The maximum atomic E-state index is 13.3. The lowest BCUT2D eigenvalue weighted by Gasteiger charge is -2.25. The minimum Gasteiger partial charge on any atom is -0.481 e. The number of carbonyl (C=O) groups is 8. The third kappa shape index (κ3) is 19.3. The van der Waals surface area contributed by atoms with Gasteiger partial charge in [-0.3, -0.25) is 33.6 Å². The molecule has 0 heterocycles. The molecule has 48 heavy (non-hydrogen) atoms. The van der Waals surface area contributed by atoms with E-state index in [0.29, 0.717) is 51.5 Å². The van der Waals surface area contributed by atoms with Gasteiger partial charge in [0.05, 0.1) is 25.4 Å². The van der Waals surface area contributed by atoms with Gasteiger partial charge >= 0.3 is 11.9 Å². The third-order valence-corrected chi connectivity index (χ3v) is 6.94. The fraction of sp³-hybridized carbons (Fsp3) is 0.714. The number of unbranched alkanes of at least 4 members (excludes halogenated alkanes) is 3. The zero-order chi connectivity index (χ0) is 36.6. The highest BCUT2D eigenvalue weighted by Gasteiger charge is 2.32. The van der Waals surface area contributed by atoms with E-state index in [-0.39, 0.29) is 25.9 Å². The van der Waals surface area contributed by atoms with Crippen molar-refractivity contribution < 1.29 is 48.6 Å². The van der Waals surface area contributed by atoms with E-state index < -0.39 is 97.0 Å². The number of carbonyl (C=O) groups excluding carboxylic acids is 6. The Balaban J connectivity index is 5.79. The summed E-state index contributed by atoms with van der Waals surface area (Å²) < 4.78 is 0. The molecule has 0 radical (unpaired) electrons. The average Bonchev–Trinajstić information content (AvgIpc) is 3.01. The summed E-state index contributed by atoms with van der Waals surface area (Å²) in [5.41, 5.74) is 27.6. The van der Waals surface area contributed by atoms with Crippen molar-refractivity contribution in [2.24, 2.45) is 28.7 Å². The Morgan fingerprint density at radius 1 is 0.542 bits per heavy atom. The van der Waals surface area contributed by atoms with Crippen LogP contribution >= 0.6 is 0 Å². The summed E-state index contributed by atoms with van der Waals surface area (Å²) in [7, 11) is 0. The van der Waals surface area contributed by atoms with Crippen molar-refractivity contribution in [1.82, 2.24) is 26.6 Å². The topological polar surface area (TPSA) is 367 Å². The third-order valence-electron chi connectivity index (χ3n) is 6.94. The number of nitrogens with two attached hydrogens (primary N) is 5. The number of nitrogens with one attached hydrogen (secondary N) is 5. The Hall–Kier alpha value is -4.40. The molecule has 0 saturated heterocycles. The van der Waals surface area contributed by atoms with E-state index in [1.807, 2.05) is 0 Å². The number of amides is 6. The summed E-state index contributed by atoms with van der Waals surface area (Å²) in [6, 6.07) is -6.95. The van der Waals surface area contributed by atoms with Gasteiger partial charge in [0.2, 0.25) is 35.4 Å². The molecule has 0 saturated carbocycles. The van der Waals surface area contributed by atoms with Crippen LogP contribution in [0.3, 0.4) is 0 Å². The standard InChI is InChI=1S/C28H52N10O10/c29-10-4-1-7-16(32)24(43)34-15-22(40)35-17(8-2-5-11-30)25(44)37-19(13-21(33)39)27(46)36-18(9-3-6-12-31)26(45)38-20(28(47)48)14-23(41)42/h16-20H,1-15,29-32H2,(H2,33,39)(H,34,43)(H,35,40)(H,36,46)(H,37,44)(H,38,45)(H,41,42)(H,47,48). The number of hydrogen-bond donors (Lipinski definition) is 12. The van der Waals surface area contributed by atoms with Crippen molar-refractivity contribution in [3.63, 3.8) is 0 Å². The SMILES string of the molecule is NCCCCC(N)C(=O)NCC(=O)NC(CCCCN)C(=O)NC(CC(N)=O)C(=O)NC(CCCCN)C(=O)NC(CC(=O)O)C(=O)O. The summed E-state index contributed by atoms with van der Waals surface area (Å²) in [6.07, 6.45) is 1.59. The molecule has 0 bridgehead atoms. The van der Waals surface area contributed by atoms with E-state index in [2.05, 4.69) is 26.6 Å². The largest absolute Gasteiger partial charge is 0.481 e. The molecule has 20 nitrogen and oxygen atoms in total. The first-order valence-electron chi connectivity index (χ1n) is 15.7. The number of carboxylic acid groups (broad SMARTS) is 2. The summed E-state index contributed by atoms with van der Waals surface area (Å²) in [5.74, 6) is -8.38. The Morgan fingerprint density at radius 2 is 0.979 bits per heavy atom. The zero-order valence-corrected chi connectivity index (χ0v) is 27.0. The van der Waals surface area contributed by atoms with E-state index in [0.717, 1.165) is 0 Å². The van der Waals surface area contributed by atoms with E-state index in [1.54, 1.807) is 0 Å². The highest BCUT2D eigenvalue weighted by molar-refractivity contribution is 5.97. The second kappa shape index (κ2) is 24.7. The average molecular weight is 689 g/mol. The minimum absolute atomic E-state index is 0.0500. The molecule has 0 rings (SSSR count). The van der Waals surface area contributed by atoms with E-state index in [1.165, 1.54) is 0 Å². The van der Waals surface area contributed by atoms with Crippen molar-refractivity contribution in [2.45, 2.75) is 101 Å². The Morgan fingerprint density at radius 3 is 1.44 bits per heavy atom. The van der Waals surface area contributed by atoms with Crippen LogP contribution in [0.4, 0.5) is 0 Å². The van der Waals surface area contributed by atoms with Crippen LogP contribution in [0.5, 0.6) is 0 Å². The van der Waals surface area contributed by atoms with Crippen LogP contribution in [-0.4, -0.2) is 114 Å². The van der Waals surface area contributed by atoms with Crippen LogP contribution in [0.2, 0.25) is 0 Å². The Kier molecular flexibility index (Phi) is 22.5. The first-order chi connectivity index (χ1) is 22.7. The number of primary amides is 1.